The highest BCUT2D eigenvalue weighted by molar-refractivity contribution is 9.10. The van der Waals surface area contributed by atoms with E-state index in [4.69, 9.17) is 12.2 Å². The average molecular weight is 259 g/mol. The molecule has 2 nitrogen and oxygen atoms in total. The van der Waals surface area contributed by atoms with Crippen LogP contribution in [-0.4, -0.2) is 11.7 Å². The van der Waals surface area contributed by atoms with Crippen molar-refractivity contribution >= 4 is 38.9 Å². The van der Waals surface area contributed by atoms with Crippen molar-refractivity contribution in [3.63, 3.8) is 0 Å². The van der Waals surface area contributed by atoms with E-state index in [0.717, 1.165) is 16.7 Å². The molecule has 0 saturated heterocycles. The van der Waals surface area contributed by atoms with Crippen LogP contribution < -0.4 is 10.6 Å². The maximum atomic E-state index is 5.04. The summed E-state index contributed by atoms with van der Waals surface area (Å²) >= 11 is 8.43. The Balaban J connectivity index is 2.58. The molecule has 0 spiro atoms. The molecule has 1 aromatic rings. The van der Waals surface area contributed by atoms with Gasteiger partial charge in [-0.05, 0) is 37.3 Å². The van der Waals surface area contributed by atoms with Crippen molar-refractivity contribution < 1.29 is 0 Å². The van der Waals surface area contributed by atoms with Crippen molar-refractivity contribution in [2.75, 3.05) is 11.9 Å². The summed E-state index contributed by atoms with van der Waals surface area (Å²) < 4.78 is 1.04. The zero-order chi connectivity index (χ0) is 9.68. The lowest BCUT2D eigenvalue weighted by atomic mass is 10.3. The van der Waals surface area contributed by atoms with Gasteiger partial charge in [0.05, 0.1) is 0 Å². The number of nitrogens with one attached hydrogen (secondary N) is 2. The van der Waals surface area contributed by atoms with E-state index in [2.05, 4.69) is 26.6 Å². The number of rotatable bonds is 2. The number of anilines is 1. The van der Waals surface area contributed by atoms with Crippen LogP contribution >= 0.6 is 28.1 Å². The highest BCUT2D eigenvalue weighted by atomic mass is 79.9. The number of halogens is 1. The van der Waals surface area contributed by atoms with Crippen molar-refractivity contribution in [3.05, 3.63) is 28.7 Å². The maximum Gasteiger partial charge on any atom is 0.170 e. The van der Waals surface area contributed by atoms with Crippen LogP contribution in [0.5, 0.6) is 0 Å². The molecule has 0 aliphatic carbocycles. The molecule has 70 valence electrons. The smallest absolute Gasteiger partial charge is 0.170 e. The Bertz CT molecular complexity index is 301. The predicted molar refractivity (Wildman–Crippen MR) is 64.0 cm³/mol. The Morgan fingerprint density at radius 2 is 2.31 bits per heavy atom. The zero-order valence-electron chi connectivity index (χ0n) is 7.30. The molecule has 0 fully saturated rings. The van der Waals surface area contributed by atoms with Crippen LogP contribution in [0.25, 0.3) is 0 Å². The molecule has 0 saturated carbocycles. The van der Waals surface area contributed by atoms with E-state index in [1.165, 1.54) is 0 Å². The van der Waals surface area contributed by atoms with Gasteiger partial charge in [0, 0.05) is 16.7 Å². The summed E-state index contributed by atoms with van der Waals surface area (Å²) in [5.41, 5.74) is 0.986. The molecule has 0 bridgehead atoms. The molecule has 0 atom stereocenters. The van der Waals surface area contributed by atoms with Crippen LogP contribution in [0.1, 0.15) is 6.92 Å². The fourth-order valence-electron chi connectivity index (χ4n) is 0.902. The van der Waals surface area contributed by atoms with Crippen molar-refractivity contribution in [1.29, 1.82) is 0 Å². The van der Waals surface area contributed by atoms with E-state index in [1.807, 2.05) is 31.2 Å². The molecule has 4 heteroatoms. The Labute approximate surface area is 91.9 Å². The lowest BCUT2D eigenvalue weighted by Gasteiger charge is -2.08. The molecule has 0 aliphatic rings. The van der Waals surface area contributed by atoms with Crippen molar-refractivity contribution in [3.8, 4) is 0 Å². The fraction of sp³-hybridized carbons (Fsp3) is 0.222. The van der Waals surface area contributed by atoms with Gasteiger partial charge in [-0.3, -0.25) is 0 Å². The molecule has 0 aliphatic heterocycles. The van der Waals surface area contributed by atoms with Gasteiger partial charge in [0.15, 0.2) is 5.11 Å². The van der Waals surface area contributed by atoms with Crippen LogP contribution in [0.15, 0.2) is 28.7 Å². The number of hydrogen-bond donors (Lipinski definition) is 2. The third-order valence-electron chi connectivity index (χ3n) is 1.42. The highest BCUT2D eigenvalue weighted by Crippen LogP contribution is 2.15. The molecule has 0 heterocycles. The van der Waals surface area contributed by atoms with Crippen LogP contribution in [0, 0.1) is 0 Å². The van der Waals surface area contributed by atoms with Crippen LogP contribution in [0.4, 0.5) is 5.69 Å². The summed E-state index contributed by atoms with van der Waals surface area (Å²) in [6.07, 6.45) is 0. The molecular weight excluding hydrogens is 248 g/mol. The molecule has 0 radical (unpaired) electrons. The van der Waals surface area contributed by atoms with Crippen molar-refractivity contribution in [2.24, 2.45) is 0 Å². The molecule has 0 aromatic heterocycles. The minimum atomic E-state index is 0.653. The van der Waals surface area contributed by atoms with Gasteiger partial charge in [-0.25, -0.2) is 0 Å². The highest BCUT2D eigenvalue weighted by Gasteiger charge is 1.95. The van der Waals surface area contributed by atoms with Gasteiger partial charge in [-0.2, -0.15) is 0 Å². The molecule has 0 unspecified atom stereocenters. The van der Waals surface area contributed by atoms with E-state index in [1.54, 1.807) is 0 Å². The summed E-state index contributed by atoms with van der Waals surface area (Å²) in [5.74, 6) is 0. The summed E-state index contributed by atoms with van der Waals surface area (Å²) in [6, 6.07) is 7.88. The predicted octanol–water partition coefficient (Wildman–Crippen LogP) is 2.76. The first-order valence-electron chi connectivity index (χ1n) is 4.03. The van der Waals surface area contributed by atoms with Gasteiger partial charge in [0.2, 0.25) is 0 Å². The second-order valence-corrected chi connectivity index (χ2v) is 3.82. The molecule has 13 heavy (non-hydrogen) atoms. The largest absolute Gasteiger partial charge is 0.363 e. The fourth-order valence-corrected chi connectivity index (χ4v) is 1.56. The number of hydrogen-bond acceptors (Lipinski definition) is 1. The second-order valence-electron chi connectivity index (χ2n) is 2.49. The third kappa shape index (κ3) is 3.74. The molecule has 0 amide bonds. The van der Waals surface area contributed by atoms with Gasteiger partial charge < -0.3 is 10.6 Å². The van der Waals surface area contributed by atoms with Gasteiger partial charge in [0.1, 0.15) is 0 Å². The van der Waals surface area contributed by atoms with Gasteiger partial charge in [-0.15, -0.1) is 0 Å². The van der Waals surface area contributed by atoms with E-state index in [0.29, 0.717) is 5.11 Å². The first-order chi connectivity index (χ1) is 6.22. The van der Waals surface area contributed by atoms with E-state index >= 15 is 0 Å². The first kappa shape index (κ1) is 10.5. The third-order valence-corrected chi connectivity index (χ3v) is 2.16. The normalized spacial score (nSPS) is 9.38. The molecule has 2 N–H and O–H groups in total. The topological polar surface area (TPSA) is 24.1 Å². The van der Waals surface area contributed by atoms with Gasteiger partial charge in [0.25, 0.3) is 0 Å². The summed E-state index contributed by atoms with van der Waals surface area (Å²) in [4.78, 5) is 0. The van der Waals surface area contributed by atoms with Crippen LogP contribution in [0.3, 0.4) is 0 Å². The van der Waals surface area contributed by atoms with Crippen LogP contribution in [0.2, 0.25) is 0 Å². The summed E-state index contributed by atoms with van der Waals surface area (Å²) in [6.45, 7) is 2.84. The minimum Gasteiger partial charge on any atom is -0.363 e. The average Bonchev–Trinajstić information content (AvgIpc) is 2.04. The van der Waals surface area contributed by atoms with Crippen LogP contribution in [-0.2, 0) is 0 Å². The van der Waals surface area contributed by atoms with E-state index < -0.39 is 0 Å². The summed E-state index contributed by atoms with van der Waals surface area (Å²) in [5, 5.41) is 6.75. The molecule has 1 aromatic carbocycles. The van der Waals surface area contributed by atoms with Gasteiger partial charge in [-0.1, -0.05) is 22.0 Å². The number of thiocarbonyl (C=S) groups is 1. The van der Waals surface area contributed by atoms with Crippen molar-refractivity contribution in [1.82, 2.24) is 5.32 Å². The molecular formula is C9H11BrN2S. The number of benzene rings is 1. The quantitative estimate of drug-likeness (QED) is 0.798. The minimum absolute atomic E-state index is 0.653. The summed E-state index contributed by atoms with van der Waals surface area (Å²) in [7, 11) is 0. The first-order valence-corrected chi connectivity index (χ1v) is 5.23. The molecule has 1 rings (SSSR count). The maximum absolute atomic E-state index is 5.04. The standard InChI is InChI=1S/C9H11BrN2S/c1-2-11-9(13)12-8-5-3-4-7(10)6-8/h3-6H,2H2,1H3,(H2,11,12,13). The lowest BCUT2D eigenvalue weighted by Crippen LogP contribution is -2.27. The van der Waals surface area contributed by atoms with E-state index in [-0.39, 0.29) is 0 Å². The Kier molecular flexibility index (Phi) is 4.18. The lowest BCUT2D eigenvalue weighted by molar-refractivity contribution is 0.979. The Hall–Kier alpha value is -0.610. The Morgan fingerprint density at radius 1 is 1.54 bits per heavy atom. The van der Waals surface area contributed by atoms with E-state index in [9.17, 15) is 0 Å². The SMILES string of the molecule is CCNC(=S)Nc1cccc(Br)c1. The monoisotopic (exact) mass is 258 g/mol. The Morgan fingerprint density at radius 3 is 2.92 bits per heavy atom. The second kappa shape index (κ2) is 5.19. The zero-order valence-corrected chi connectivity index (χ0v) is 9.71. The van der Waals surface area contributed by atoms with Crippen molar-refractivity contribution in [2.45, 2.75) is 6.92 Å². The van der Waals surface area contributed by atoms with Gasteiger partial charge >= 0.3 is 0 Å².